The normalized spacial score (nSPS) is 15.8. The van der Waals surface area contributed by atoms with Crippen LogP contribution >= 0.6 is 39.9 Å². The van der Waals surface area contributed by atoms with Gasteiger partial charge >= 0.3 is 0 Å². The Morgan fingerprint density at radius 3 is 2.44 bits per heavy atom. The van der Waals surface area contributed by atoms with Crippen molar-refractivity contribution in [2.24, 2.45) is 0 Å². The van der Waals surface area contributed by atoms with E-state index in [9.17, 15) is 14.0 Å². The molecule has 4 nitrogen and oxygen atoms in total. The molecule has 1 heterocycles. The minimum atomic E-state index is -0.438. The monoisotopic (exact) mass is 436 g/mol. The van der Waals surface area contributed by atoms with Gasteiger partial charge in [0.2, 0.25) is 0 Å². The number of thiocarbonyl (C=S) groups is 1. The molecule has 3 rings (SSSR count). The summed E-state index contributed by atoms with van der Waals surface area (Å²) in [6.07, 6.45) is 1.60. The molecule has 0 unspecified atom stereocenters. The molecule has 0 aliphatic carbocycles. The lowest BCUT2D eigenvalue weighted by molar-refractivity contribution is -0.123. The molecule has 2 aromatic carbocycles. The van der Waals surface area contributed by atoms with Crippen molar-refractivity contribution in [3.8, 4) is 0 Å². The standard InChI is InChI=1S/C17H10BrFN2O2S2/c18-12-5-3-11(4-6-12)15(22)20-21-16(23)14(25-17(21)24)9-10-1-7-13(19)8-2-10/h1-9H,(H,20,22). The quantitative estimate of drug-likeness (QED) is 0.580. The third-order valence-electron chi connectivity index (χ3n) is 3.28. The van der Waals surface area contributed by atoms with Crippen molar-refractivity contribution in [2.75, 3.05) is 0 Å². The van der Waals surface area contributed by atoms with E-state index in [1.807, 2.05) is 0 Å². The number of carbonyl (C=O) groups is 2. The summed E-state index contributed by atoms with van der Waals surface area (Å²) in [5.74, 6) is -1.22. The number of thioether (sulfide) groups is 1. The third kappa shape index (κ3) is 4.15. The van der Waals surface area contributed by atoms with E-state index in [1.165, 1.54) is 12.1 Å². The molecule has 1 aliphatic rings. The zero-order valence-corrected chi connectivity index (χ0v) is 15.8. The maximum Gasteiger partial charge on any atom is 0.285 e. The molecule has 0 atom stereocenters. The van der Waals surface area contributed by atoms with Crippen molar-refractivity contribution >= 4 is 62.1 Å². The van der Waals surface area contributed by atoms with Gasteiger partial charge < -0.3 is 0 Å². The van der Waals surface area contributed by atoms with Crippen LogP contribution in [0.15, 0.2) is 57.9 Å². The van der Waals surface area contributed by atoms with Crippen LogP contribution in [0.3, 0.4) is 0 Å². The van der Waals surface area contributed by atoms with Crippen LogP contribution in [-0.2, 0) is 4.79 Å². The highest BCUT2D eigenvalue weighted by atomic mass is 79.9. The highest BCUT2D eigenvalue weighted by Gasteiger charge is 2.33. The highest BCUT2D eigenvalue weighted by molar-refractivity contribution is 9.10. The lowest BCUT2D eigenvalue weighted by atomic mass is 10.2. The van der Waals surface area contributed by atoms with E-state index in [0.29, 0.717) is 16.0 Å². The average Bonchev–Trinajstić information content (AvgIpc) is 2.85. The predicted molar refractivity (Wildman–Crippen MR) is 103 cm³/mol. The van der Waals surface area contributed by atoms with Gasteiger partial charge in [0.15, 0.2) is 4.32 Å². The Balaban J connectivity index is 1.76. The lowest BCUT2D eigenvalue weighted by Crippen LogP contribution is -2.44. The number of carbonyl (C=O) groups excluding carboxylic acids is 2. The second-order valence-corrected chi connectivity index (χ2v) is 7.61. The van der Waals surface area contributed by atoms with Crippen LogP contribution in [0.2, 0.25) is 0 Å². The van der Waals surface area contributed by atoms with E-state index in [-0.39, 0.29) is 10.1 Å². The van der Waals surface area contributed by atoms with Crippen molar-refractivity contribution in [3.63, 3.8) is 0 Å². The van der Waals surface area contributed by atoms with Gasteiger partial charge in [-0.05, 0) is 60.3 Å². The number of hydrogen-bond acceptors (Lipinski definition) is 4. The Labute approximate surface area is 161 Å². The number of halogens is 2. The summed E-state index contributed by atoms with van der Waals surface area (Å²) >= 11 is 9.53. The SMILES string of the molecule is O=C(NN1C(=O)C(=Cc2ccc(F)cc2)SC1=S)c1ccc(Br)cc1. The van der Waals surface area contributed by atoms with Gasteiger partial charge in [0.05, 0.1) is 4.91 Å². The number of benzene rings is 2. The topological polar surface area (TPSA) is 49.4 Å². The van der Waals surface area contributed by atoms with Gasteiger partial charge in [0.1, 0.15) is 5.82 Å². The van der Waals surface area contributed by atoms with E-state index in [0.717, 1.165) is 21.2 Å². The molecule has 0 aromatic heterocycles. The van der Waals surface area contributed by atoms with E-state index in [1.54, 1.807) is 42.5 Å². The Hall–Kier alpha value is -2.03. The maximum absolute atomic E-state index is 13.0. The Bertz CT molecular complexity index is 883. The van der Waals surface area contributed by atoms with E-state index < -0.39 is 11.8 Å². The smallest absolute Gasteiger partial charge is 0.267 e. The molecule has 0 spiro atoms. The summed E-state index contributed by atoms with van der Waals surface area (Å²) in [7, 11) is 0. The number of rotatable bonds is 3. The number of amides is 2. The minimum Gasteiger partial charge on any atom is -0.267 e. The fourth-order valence-electron chi connectivity index (χ4n) is 2.04. The van der Waals surface area contributed by atoms with Crippen LogP contribution in [0, 0.1) is 5.82 Å². The molecular weight excluding hydrogens is 427 g/mol. The van der Waals surface area contributed by atoms with Gasteiger partial charge in [-0.25, -0.2) is 4.39 Å². The van der Waals surface area contributed by atoms with Crippen LogP contribution < -0.4 is 5.43 Å². The molecule has 2 amide bonds. The molecule has 0 radical (unpaired) electrons. The molecule has 1 aliphatic heterocycles. The van der Waals surface area contributed by atoms with Crippen LogP contribution in [0.4, 0.5) is 4.39 Å². The maximum atomic E-state index is 13.0. The fourth-order valence-corrected chi connectivity index (χ4v) is 3.49. The van der Waals surface area contributed by atoms with Crippen molar-refractivity contribution in [2.45, 2.75) is 0 Å². The molecular formula is C17H10BrFN2O2S2. The molecule has 1 saturated heterocycles. The first-order chi connectivity index (χ1) is 11.9. The zero-order chi connectivity index (χ0) is 18.0. The molecule has 0 bridgehead atoms. The van der Waals surface area contributed by atoms with Crippen LogP contribution in [0.5, 0.6) is 0 Å². The van der Waals surface area contributed by atoms with Gasteiger partial charge in [0, 0.05) is 10.0 Å². The molecule has 1 fully saturated rings. The molecule has 1 N–H and O–H groups in total. The second-order valence-electron chi connectivity index (χ2n) is 5.02. The van der Waals surface area contributed by atoms with Crippen molar-refractivity contribution in [3.05, 3.63) is 74.9 Å². The highest BCUT2D eigenvalue weighted by Crippen LogP contribution is 2.31. The fraction of sp³-hybridized carbons (Fsp3) is 0. The van der Waals surface area contributed by atoms with Crippen molar-refractivity contribution in [1.29, 1.82) is 0 Å². The summed E-state index contributed by atoms with van der Waals surface area (Å²) in [6, 6.07) is 12.5. The minimum absolute atomic E-state index is 0.226. The van der Waals surface area contributed by atoms with Crippen LogP contribution in [-0.4, -0.2) is 21.1 Å². The largest absolute Gasteiger partial charge is 0.285 e. The molecule has 25 heavy (non-hydrogen) atoms. The number of hydrazine groups is 1. The molecule has 8 heteroatoms. The van der Waals surface area contributed by atoms with Gasteiger partial charge in [-0.15, -0.1) is 0 Å². The first kappa shape index (κ1) is 17.8. The zero-order valence-electron chi connectivity index (χ0n) is 12.5. The summed E-state index contributed by atoms with van der Waals surface area (Å²) < 4.78 is 14.0. The first-order valence-corrected chi connectivity index (χ1v) is 9.06. The molecule has 126 valence electrons. The number of hydrogen-bond donors (Lipinski definition) is 1. The molecule has 2 aromatic rings. The van der Waals surface area contributed by atoms with Gasteiger partial charge in [0.25, 0.3) is 11.8 Å². The summed E-state index contributed by atoms with van der Waals surface area (Å²) in [5.41, 5.74) is 3.58. The third-order valence-corrected chi connectivity index (χ3v) is 5.11. The van der Waals surface area contributed by atoms with E-state index >= 15 is 0 Å². The lowest BCUT2D eigenvalue weighted by Gasteiger charge is -2.15. The first-order valence-electron chi connectivity index (χ1n) is 7.04. The van der Waals surface area contributed by atoms with Crippen LogP contribution in [0.25, 0.3) is 6.08 Å². The van der Waals surface area contributed by atoms with Crippen molar-refractivity contribution in [1.82, 2.24) is 10.4 Å². The average molecular weight is 437 g/mol. The Morgan fingerprint density at radius 2 is 1.80 bits per heavy atom. The summed E-state index contributed by atoms with van der Waals surface area (Å²) in [5, 5.41) is 1.04. The predicted octanol–water partition coefficient (Wildman–Crippen LogP) is 4.13. The van der Waals surface area contributed by atoms with Gasteiger partial charge in [-0.1, -0.05) is 39.8 Å². The van der Waals surface area contributed by atoms with E-state index in [2.05, 4.69) is 21.4 Å². The van der Waals surface area contributed by atoms with Crippen LogP contribution in [0.1, 0.15) is 15.9 Å². The number of nitrogens with one attached hydrogen (secondary N) is 1. The van der Waals surface area contributed by atoms with Crippen molar-refractivity contribution < 1.29 is 14.0 Å². The summed E-state index contributed by atoms with van der Waals surface area (Å²) in [4.78, 5) is 25.1. The second kappa shape index (κ2) is 7.47. The van der Waals surface area contributed by atoms with Gasteiger partial charge in [-0.3, -0.25) is 15.0 Å². The van der Waals surface area contributed by atoms with E-state index in [4.69, 9.17) is 12.2 Å². The molecule has 0 saturated carbocycles. The Kier molecular flexibility index (Phi) is 5.31. The Morgan fingerprint density at radius 1 is 1.16 bits per heavy atom. The summed E-state index contributed by atoms with van der Waals surface area (Å²) in [6.45, 7) is 0. The van der Waals surface area contributed by atoms with Gasteiger partial charge in [-0.2, -0.15) is 5.01 Å². The number of nitrogens with zero attached hydrogens (tertiary/aromatic N) is 1.